The van der Waals surface area contributed by atoms with Crippen LogP contribution in [0.25, 0.3) is 0 Å². The monoisotopic (exact) mass is 432 g/mol. The molecule has 0 saturated carbocycles. The number of phenolic OH excluding ortho intramolecular Hbond substituents is 1. The van der Waals surface area contributed by atoms with Gasteiger partial charge in [-0.25, -0.2) is 4.79 Å². The first-order valence-electron chi connectivity index (χ1n) is 10.9. The zero-order valence-corrected chi connectivity index (χ0v) is 17.6. The molecule has 1 saturated heterocycles. The Bertz CT molecular complexity index is 1190. The second-order valence-electron chi connectivity index (χ2n) is 9.32. The van der Waals surface area contributed by atoms with Crippen LogP contribution in [-0.2, 0) is 11.8 Å². The number of nitrogens with one attached hydrogen (secondary N) is 1. The Kier molecular flexibility index (Phi) is 3.99. The van der Waals surface area contributed by atoms with Gasteiger partial charge in [0.2, 0.25) is 0 Å². The number of rotatable bonds is 3. The van der Waals surface area contributed by atoms with Gasteiger partial charge in [-0.15, -0.1) is 0 Å². The number of hydrogen-bond acceptors (Lipinski definition) is 5. The second kappa shape index (κ2) is 6.59. The number of carboxylic acid groups (broad SMARTS) is 1. The van der Waals surface area contributed by atoms with Crippen molar-refractivity contribution >= 4 is 11.9 Å². The highest BCUT2D eigenvalue weighted by molar-refractivity contribution is 5.97. The van der Waals surface area contributed by atoms with E-state index in [1.807, 2.05) is 12.1 Å². The van der Waals surface area contributed by atoms with Crippen molar-refractivity contribution in [2.24, 2.45) is 5.92 Å². The minimum absolute atomic E-state index is 0.0695. The van der Waals surface area contributed by atoms with Crippen molar-refractivity contribution in [1.82, 2.24) is 10.2 Å². The van der Waals surface area contributed by atoms with Crippen molar-refractivity contribution in [3.8, 4) is 11.5 Å². The third kappa shape index (κ3) is 2.45. The number of phenols is 1. The Labute approximate surface area is 185 Å². The van der Waals surface area contributed by atoms with Crippen LogP contribution in [0, 0.1) is 5.92 Å². The maximum absolute atomic E-state index is 13.1. The summed E-state index contributed by atoms with van der Waals surface area (Å²) in [5.41, 5.74) is 2.38. The fourth-order valence-electron chi connectivity index (χ4n) is 6.42. The molecule has 2 aliphatic heterocycles. The van der Waals surface area contributed by atoms with Crippen LogP contribution in [-0.4, -0.2) is 58.8 Å². The number of aromatic carboxylic acids is 1. The van der Waals surface area contributed by atoms with Gasteiger partial charge in [-0.3, -0.25) is 4.79 Å². The smallest absolute Gasteiger partial charge is 0.335 e. The van der Waals surface area contributed by atoms with Crippen molar-refractivity contribution < 1.29 is 24.5 Å². The lowest BCUT2D eigenvalue weighted by Gasteiger charge is -2.57. The zero-order chi connectivity index (χ0) is 22.2. The average molecular weight is 432 g/mol. The molecule has 2 aliphatic carbocycles. The van der Waals surface area contributed by atoms with Gasteiger partial charge in [0.25, 0.3) is 5.91 Å². The molecule has 32 heavy (non-hydrogen) atoms. The van der Waals surface area contributed by atoms with Crippen molar-refractivity contribution in [1.29, 1.82) is 0 Å². The van der Waals surface area contributed by atoms with Crippen LogP contribution >= 0.6 is 0 Å². The molecule has 7 nitrogen and oxygen atoms in total. The first kappa shape index (κ1) is 19.4. The minimum Gasteiger partial charge on any atom is -0.504 e. The van der Waals surface area contributed by atoms with E-state index in [4.69, 9.17) is 4.74 Å². The molecule has 0 aromatic heterocycles. The van der Waals surface area contributed by atoms with E-state index in [0.717, 1.165) is 24.9 Å². The average Bonchev–Trinajstić information content (AvgIpc) is 3.14. The third-order valence-electron chi connectivity index (χ3n) is 7.85. The van der Waals surface area contributed by atoms with Gasteiger partial charge in [0.1, 0.15) is 6.10 Å². The maximum atomic E-state index is 13.1. The number of likely N-dealkylation sites (tertiary alicyclic amines) is 1. The van der Waals surface area contributed by atoms with Gasteiger partial charge < -0.3 is 25.2 Å². The molecule has 1 fully saturated rings. The Morgan fingerprint density at radius 1 is 1.19 bits per heavy atom. The number of carbonyl (C=O) groups excluding carboxylic acids is 1. The standard InChI is InChI=1S/C25H24N2O5/c1-27-10-9-25-16-6-7-17(26-23(29)14-3-2-4-15(11-14)24(30)31)22(25)32-21-19(28)8-5-13(20(21)25)12-18(16)27/h2-8,11,16-18,22,28H,9-10,12H2,1H3,(H,26,29)(H,30,31)/t16?,17-,18?,22+,25+/m1/s1. The predicted octanol–water partition coefficient (Wildman–Crippen LogP) is 2.33. The maximum Gasteiger partial charge on any atom is 0.335 e. The molecule has 1 spiro atoms. The molecular weight excluding hydrogens is 408 g/mol. The summed E-state index contributed by atoms with van der Waals surface area (Å²) in [5.74, 6) is -0.484. The van der Waals surface area contributed by atoms with Crippen LogP contribution in [0.1, 0.15) is 38.3 Å². The molecular formula is C25H24N2O5. The zero-order valence-electron chi connectivity index (χ0n) is 17.6. The number of nitrogens with zero attached hydrogens (tertiary/aromatic N) is 1. The summed E-state index contributed by atoms with van der Waals surface area (Å²) in [6.07, 6.45) is 5.67. The van der Waals surface area contributed by atoms with Gasteiger partial charge in [-0.2, -0.15) is 0 Å². The van der Waals surface area contributed by atoms with Gasteiger partial charge in [0, 0.05) is 28.5 Å². The third-order valence-corrected chi connectivity index (χ3v) is 7.85. The Morgan fingerprint density at radius 2 is 2.00 bits per heavy atom. The highest BCUT2D eigenvalue weighted by Crippen LogP contribution is 2.62. The molecule has 2 aromatic rings. The molecule has 2 heterocycles. The van der Waals surface area contributed by atoms with E-state index in [2.05, 4.69) is 23.3 Å². The molecule has 2 bridgehead atoms. The summed E-state index contributed by atoms with van der Waals surface area (Å²) >= 11 is 0. The molecule has 1 amide bonds. The number of carboxylic acids is 1. The molecule has 6 rings (SSSR count). The first-order chi connectivity index (χ1) is 15.4. The summed E-state index contributed by atoms with van der Waals surface area (Å²) in [5, 5.41) is 22.9. The van der Waals surface area contributed by atoms with E-state index in [-0.39, 0.29) is 34.7 Å². The number of carbonyl (C=O) groups is 2. The van der Waals surface area contributed by atoms with Crippen molar-refractivity contribution in [2.75, 3.05) is 13.6 Å². The van der Waals surface area contributed by atoms with Crippen LogP contribution in [0.4, 0.5) is 0 Å². The molecule has 2 aromatic carbocycles. The highest BCUT2D eigenvalue weighted by Gasteiger charge is 2.64. The van der Waals surface area contributed by atoms with Crippen molar-refractivity contribution in [3.05, 3.63) is 70.8 Å². The van der Waals surface area contributed by atoms with Gasteiger partial charge in [-0.1, -0.05) is 24.3 Å². The Hall–Kier alpha value is -3.32. The number of piperidine rings is 1. The lowest BCUT2D eigenvalue weighted by Crippen LogP contribution is -2.66. The quantitative estimate of drug-likeness (QED) is 0.644. The molecule has 5 atom stereocenters. The van der Waals surface area contributed by atoms with Crippen LogP contribution in [0.5, 0.6) is 11.5 Å². The predicted molar refractivity (Wildman–Crippen MR) is 116 cm³/mol. The van der Waals surface area contributed by atoms with E-state index in [1.54, 1.807) is 18.2 Å². The van der Waals surface area contributed by atoms with Gasteiger partial charge in [0.15, 0.2) is 11.5 Å². The number of likely N-dealkylation sites (N-methyl/N-ethyl adjacent to an activating group) is 1. The van der Waals surface area contributed by atoms with Gasteiger partial charge in [0.05, 0.1) is 11.6 Å². The lowest BCUT2D eigenvalue weighted by atomic mass is 9.53. The normalized spacial score (nSPS) is 31.5. The number of aromatic hydroxyl groups is 1. The summed E-state index contributed by atoms with van der Waals surface area (Å²) in [6, 6.07) is 9.68. The number of benzene rings is 2. The Balaban J connectivity index is 1.40. The number of hydrogen-bond donors (Lipinski definition) is 3. The molecule has 3 N–H and O–H groups in total. The van der Waals surface area contributed by atoms with E-state index in [1.165, 1.54) is 17.7 Å². The van der Waals surface area contributed by atoms with Crippen LogP contribution in [0.2, 0.25) is 0 Å². The molecule has 2 unspecified atom stereocenters. The molecule has 0 radical (unpaired) electrons. The van der Waals surface area contributed by atoms with Gasteiger partial charge in [-0.05, 0) is 56.3 Å². The molecule has 4 aliphatic rings. The van der Waals surface area contributed by atoms with E-state index in [9.17, 15) is 19.8 Å². The molecule has 164 valence electrons. The summed E-state index contributed by atoms with van der Waals surface area (Å²) in [7, 11) is 2.16. The van der Waals surface area contributed by atoms with Crippen molar-refractivity contribution in [2.45, 2.75) is 36.4 Å². The highest BCUT2D eigenvalue weighted by atomic mass is 16.5. The van der Waals surface area contributed by atoms with E-state index >= 15 is 0 Å². The summed E-state index contributed by atoms with van der Waals surface area (Å²) in [4.78, 5) is 26.8. The first-order valence-corrected chi connectivity index (χ1v) is 10.9. The lowest BCUT2D eigenvalue weighted by molar-refractivity contribution is -0.00855. The SMILES string of the molecule is CN1CC[C@]23c4c5ccc(O)c4O[C@H]2[C@H](NC(=O)c2cccc(C(=O)O)c2)C=CC3C1C5. The fraction of sp³-hybridized carbons (Fsp3) is 0.360. The number of ether oxygens (including phenoxy) is 1. The van der Waals surface area contributed by atoms with Crippen LogP contribution in [0.15, 0.2) is 48.6 Å². The van der Waals surface area contributed by atoms with E-state index < -0.39 is 12.0 Å². The Morgan fingerprint density at radius 3 is 2.81 bits per heavy atom. The topological polar surface area (TPSA) is 99.1 Å². The van der Waals surface area contributed by atoms with Crippen LogP contribution < -0.4 is 10.1 Å². The number of amides is 1. The minimum atomic E-state index is -1.07. The second-order valence-corrected chi connectivity index (χ2v) is 9.32. The van der Waals surface area contributed by atoms with Crippen molar-refractivity contribution in [3.63, 3.8) is 0 Å². The summed E-state index contributed by atoms with van der Waals surface area (Å²) < 4.78 is 6.43. The van der Waals surface area contributed by atoms with Crippen LogP contribution in [0.3, 0.4) is 0 Å². The largest absolute Gasteiger partial charge is 0.504 e. The molecule has 7 heteroatoms. The summed E-state index contributed by atoms with van der Waals surface area (Å²) in [6.45, 7) is 0.921. The van der Waals surface area contributed by atoms with E-state index in [0.29, 0.717) is 17.4 Å². The van der Waals surface area contributed by atoms with Gasteiger partial charge >= 0.3 is 5.97 Å². The fourth-order valence-corrected chi connectivity index (χ4v) is 6.42.